The summed E-state index contributed by atoms with van der Waals surface area (Å²) in [6, 6.07) is 0. The van der Waals surface area contributed by atoms with Crippen LogP contribution in [0.15, 0.2) is 48.1 Å². The molecule has 0 aromatic carbocycles. The third kappa shape index (κ3) is 14.4. The molecule has 0 aromatic heterocycles. The molecule has 4 fully saturated rings. The Kier molecular flexibility index (Phi) is 21.5. The normalized spacial score (nSPS) is 35.5. The van der Waals surface area contributed by atoms with Gasteiger partial charge >= 0.3 is 5.97 Å². The highest BCUT2D eigenvalue weighted by Crippen LogP contribution is 2.67. The summed E-state index contributed by atoms with van der Waals surface area (Å²) in [5.74, 6) is 4.53. The molecular formula is C56H94O7. The van der Waals surface area contributed by atoms with Crippen LogP contribution >= 0.6 is 0 Å². The number of esters is 1. The van der Waals surface area contributed by atoms with E-state index in [2.05, 4.69) is 91.0 Å². The molecule has 0 bridgehead atoms. The number of allylic oxidation sites excluding steroid dienone is 7. The first-order valence-corrected chi connectivity index (χ1v) is 26.5. The van der Waals surface area contributed by atoms with Crippen molar-refractivity contribution >= 4 is 5.97 Å². The zero-order valence-electron chi connectivity index (χ0n) is 41.2. The molecule has 14 unspecified atom stereocenters. The predicted molar refractivity (Wildman–Crippen MR) is 258 cm³/mol. The fraction of sp³-hybridized carbons (Fsp3) is 0.839. The Labute approximate surface area is 385 Å². The Bertz CT molecular complexity index is 1470. The molecule has 3 saturated carbocycles. The number of aliphatic hydroxyl groups is 3. The molecule has 3 N–H and O–H groups in total. The monoisotopic (exact) mass is 879 g/mol. The van der Waals surface area contributed by atoms with E-state index in [1.807, 2.05) is 0 Å². The lowest BCUT2D eigenvalue weighted by Gasteiger charge is -2.58. The molecule has 7 nitrogen and oxygen atoms in total. The van der Waals surface area contributed by atoms with Gasteiger partial charge in [-0.15, -0.1) is 0 Å². The number of ether oxygens (including phenoxy) is 3. The minimum absolute atomic E-state index is 0.151. The van der Waals surface area contributed by atoms with Gasteiger partial charge in [0.15, 0.2) is 6.29 Å². The highest BCUT2D eigenvalue weighted by molar-refractivity contribution is 5.69. The Morgan fingerprint density at radius 3 is 2.13 bits per heavy atom. The van der Waals surface area contributed by atoms with Crippen LogP contribution in [0.2, 0.25) is 0 Å². The Balaban J connectivity index is 0.972. The standard InChI is InChI=1S/C56H94O7/c1-8-9-10-11-12-13-14-15-16-17-18-19-20-21-22-23-24-25-26-27-50(57)61-39-49-51(58)52(59)53(60)54(63-49)62-44-34-36-55(6)43(38-44)30-31-45-47-33-32-46(56(47,7)37-35-48(45)55)42(5)29-28-41(4)40(2)3/h12-13,15-16,28-30,40-42,44-49,51-54,58-60H,8-11,14,17-27,31-39H2,1-7H3/b13-12-,16-15-,29-28+. The lowest BCUT2D eigenvalue weighted by atomic mass is 9.47. The molecular weight excluding hydrogens is 785 g/mol. The lowest BCUT2D eigenvalue weighted by molar-refractivity contribution is -0.313. The maximum absolute atomic E-state index is 12.7. The van der Waals surface area contributed by atoms with Gasteiger partial charge in [-0.3, -0.25) is 4.79 Å². The first-order chi connectivity index (χ1) is 30.3. The molecule has 63 heavy (non-hydrogen) atoms. The Hall–Kier alpha value is -1.77. The summed E-state index contributed by atoms with van der Waals surface area (Å²) in [5, 5.41) is 32.6. The van der Waals surface area contributed by atoms with Crippen molar-refractivity contribution in [1.82, 2.24) is 0 Å². The second-order valence-electron chi connectivity index (χ2n) is 21.9. The summed E-state index contributed by atoms with van der Waals surface area (Å²) in [6.45, 7) is 16.7. The molecule has 1 saturated heterocycles. The zero-order chi connectivity index (χ0) is 45.4. The highest BCUT2D eigenvalue weighted by Gasteiger charge is 2.59. The molecule has 14 atom stereocenters. The zero-order valence-corrected chi connectivity index (χ0v) is 41.2. The van der Waals surface area contributed by atoms with E-state index in [-0.39, 0.29) is 24.1 Å². The fourth-order valence-corrected chi connectivity index (χ4v) is 12.7. The second-order valence-corrected chi connectivity index (χ2v) is 21.9. The first kappa shape index (κ1) is 52.2. The number of carbonyl (C=O) groups is 1. The van der Waals surface area contributed by atoms with Crippen LogP contribution in [0.3, 0.4) is 0 Å². The number of aliphatic hydroxyl groups excluding tert-OH is 3. The minimum atomic E-state index is -1.45. The van der Waals surface area contributed by atoms with Crippen LogP contribution in [0.5, 0.6) is 0 Å². The molecule has 5 aliphatic rings. The van der Waals surface area contributed by atoms with Crippen molar-refractivity contribution in [2.75, 3.05) is 6.61 Å². The van der Waals surface area contributed by atoms with Gasteiger partial charge in [0.25, 0.3) is 0 Å². The van der Waals surface area contributed by atoms with E-state index in [1.165, 1.54) is 102 Å². The Morgan fingerprint density at radius 1 is 0.778 bits per heavy atom. The first-order valence-electron chi connectivity index (χ1n) is 26.5. The molecule has 0 amide bonds. The van der Waals surface area contributed by atoms with Crippen LogP contribution in [0, 0.1) is 52.3 Å². The topological polar surface area (TPSA) is 105 Å². The lowest BCUT2D eigenvalue weighted by Crippen LogP contribution is -2.60. The van der Waals surface area contributed by atoms with Crippen LogP contribution < -0.4 is 0 Å². The molecule has 1 heterocycles. The van der Waals surface area contributed by atoms with Gasteiger partial charge in [0.05, 0.1) is 6.10 Å². The van der Waals surface area contributed by atoms with Crippen molar-refractivity contribution in [2.24, 2.45) is 52.3 Å². The summed E-state index contributed by atoms with van der Waals surface area (Å²) < 4.78 is 18.1. The molecule has 0 aromatic rings. The van der Waals surface area contributed by atoms with E-state index >= 15 is 0 Å². The molecule has 1 aliphatic heterocycles. The van der Waals surface area contributed by atoms with Crippen LogP contribution in [0.1, 0.15) is 203 Å². The average molecular weight is 879 g/mol. The molecule has 0 radical (unpaired) electrons. The maximum Gasteiger partial charge on any atom is 0.305 e. The predicted octanol–water partition coefficient (Wildman–Crippen LogP) is 13.2. The van der Waals surface area contributed by atoms with Crippen molar-refractivity contribution in [1.29, 1.82) is 0 Å². The van der Waals surface area contributed by atoms with E-state index in [9.17, 15) is 20.1 Å². The molecule has 360 valence electrons. The van der Waals surface area contributed by atoms with E-state index in [0.717, 1.165) is 69.1 Å². The average Bonchev–Trinajstić information content (AvgIpc) is 3.63. The number of unbranched alkanes of at least 4 members (excludes halogenated alkanes) is 12. The van der Waals surface area contributed by atoms with Crippen molar-refractivity contribution < 1.29 is 34.3 Å². The van der Waals surface area contributed by atoms with Gasteiger partial charge < -0.3 is 29.5 Å². The quantitative estimate of drug-likeness (QED) is 0.0451. The van der Waals surface area contributed by atoms with Gasteiger partial charge in [0.2, 0.25) is 0 Å². The number of hydrogen-bond acceptors (Lipinski definition) is 7. The molecule has 4 aliphatic carbocycles. The van der Waals surface area contributed by atoms with Crippen LogP contribution in [-0.2, 0) is 19.0 Å². The van der Waals surface area contributed by atoms with Gasteiger partial charge in [-0.05, 0) is 142 Å². The summed E-state index contributed by atoms with van der Waals surface area (Å²) >= 11 is 0. The molecule has 0 spiro atoms. The van der Waals surface area contributed by atoms with E-state index in [4.69, 9.17) is 14.2 Å². The summed E-state index contributed by atoms with van der Waals surface area (Å²) in [4.78, 5) is 12.7. The van der Waals surface area contributed by atoms with Crippen molar-refractivity contribution in [3.63, 3.8) is 0 Å². The van der Waals surface area contributed by atoms with Crippen molar-refractivity contribution in [2.45, 2.75) is 239 Å². The van der Waals surface area contributed by atoms with Gasteiger partial charge in [0.1, 0.15) is 31.0 Å². The SMILES string of the molecule is CCCCC/C=C\C/C=C\CCCCCCCCCCCC(=O)OCC1OC(OC2CCC3(C)C(=CCC4C3CCC3(C)C(C(C)/C=C/C(C)C(C)C)CCC43)C2)C(O)C(O)C1O. The summed E-state index contributed by atoms with van der Waals surface area (Å²) in [6.07, 6.45) is 37.6. The molecule has 7 heteroatoms. The second kappa shape index (κ2) is 26.0. The van der Waals surface area contributed by atoms with Crippen LogP contribution in [0.4, 0.5) is 0 Å². The highest BCUT2D eigenvalue weighted by atomic mass is 16.7. The van der Waals surface area contributed by atoms with Crippen molar-refractivity contribution in [3.8, 4) is 0 Å². The Morgan fingerprint density at radius 2 is 1.44 bits per heavy atom. The summed E-state index contributed by atoms with van der Waals surface area (Å²) in [7, 11) is 0. The van der Waals surface area contributed by atoms with Gasteiger partial charge in [0, 0.05) is 6.42 Å². The van der Waals surface area contributed by atoms with E-state index in [0.29, 0.717) is 35.5 Å². The summed E-state index contributed by atoms with van der Waals surface area (Å²) in [5.41, 5.74) is 2.04. The number of hydrogen-bond donors (Lipinski definition) is 3. The van der Waals surface area contributed by atoms with Gasteiger partial charge in [-0.1, -0.05) is 154 Å². The maximum atomic E-state index is 12.7. The van der Waals surface area contributed by atoms with Gasteiger partial charge in [-0.25, -0.2) is 0 Å². The van der Waals surface area contributed by atoms with Crippen molar-refractivity contribution in [3.05, 3.63) is 48.1 Å². The largest absolute Gasteiger partial charge is 0.463 e. The fourth-order valence-electron chi connectivity index (χ4n) is 12.7. The van der Waals surface area contributed by atoms with Crippen LogP contribution in [0.25, 0.3) is 0 Å². The number of rotatable bonds is 26. The van der Waals surface area contributed by atoms with Gasteiger partial charge in [-0.2, -0.15) is 0 Å². The van der Waals surface area contributed by atoms with E-state index < -0.39 is 30.7 Å². The smallest absolute Gasteiger partial charge is 0.305 e. The number of fused-ring (bicyclic) bond motifs is 5. The molecule has 5 rings (SSSR count). The minimum Gasteiger partial charge on any atom is -0.463 e. The van der Waals surface area contributed by atoms with E-state index in [1.54, 1.807) is 0 Å². The third-order valence-electron chi connectivity index (χ3n) is 17.3. The number of carbonyl (C=O) groups excluding carboxylic acids is 1. The van der Waals surface area contributed by atoms with Crippen LogP contribution in [-0.4, -0.2) is 64.7 Å². The third-order valence-corrected chi connectivity index (χ3v) is 17.3.